The van der Waals surface area contributed by atoms with Gasteiger partial charge in [0.2, 0.25) is 0 Å². The molecule has 2 aliphatic heterocycles. The van der Waals surface area contributed by atoms with Gasteiger partial charge in [0.25, 0.3) is 11.1 Å². The van der Waals surface area contributed by atoms with Crippen molar-refractivity contribution in [2.75, 3.05) is 39.6 Å². The zero-order valence-corrected chi connectivity index (χ0v) is 31.1. The van der Waals surface area contributed by atoms with Gasteiger partial charge in [-0.05, 0) is 30.3 Å². The van der Waals surface area contributed by atoms with Crippen LogP contribution in [0.15, 0.2) is 143 Å². The van der Waals surface area contributed by atoms with Crippen molar-refractivity contribution in [1.82, 2.24) is 27.9 Å². The first kappa shape index (κ1) is 34.8. The van der Waals surface area contributed by atoms with Gasteiger partial charge in [-0.25, -0.2) is 9.97 Å². The molecule has 11 nitrogen and oxygen atoms in total. The van der Waals surface area contributed by atoms with Gasteiger partial charge in [0.1, 0.15) is 34.1 Å². The van der Waals surface area contributed by atoms with Crippen LogP contribution in [0.5, 0.6) is 0 Å². The van der Waals surface area contributed by atoms with E-state index in [9.17, 15) is 9.59 Å². The molecule has 0 fully saturated rings. The number of fused-ring (bicyclic) bond motifs is 10. The second-order valence-electron chi connectivity index (χ2n) is 14.0. The zero-order valence-electron chi connectivity index (χ0n) is 31.1. The number of hydrogen-bond donors (Lipinski definition) is 0. The highest BCUT2D eigenvalue weighted by molar-refractivity contribution is 5.91. The molecule has 0 N–H and O–H groups in total. The van der Waals surface area contributed by atoms with E-state index in [1.54, 1.807) is 9.13 Å². The molecule has 8 bridgehead atoms. The van der Waals surface area contributed by atoms with E-state index in [4.69, 9.17) is 24.2 Å². The number of para-hydroxylation sites is 4. The van der Waals surface area contributed by atoms with Crippen molar-refractivity contribution in [3.8, 4) is 45.3 Å². The van der Waals surface area contributed by atoms with E-state index in [1.807, 2.05) is 136 Å². The van der Waals surface area contributed by atoms with Gasteiger partial charge in [-0.3, -0.25) is 18.4 Å². The summed E-state index contributed by atoms with van der Waals surface area (Å²) in [5.41, 5.74) is 8.26. The Morgan fingerprint density at radius 1 is 0.404 bits per heavy atom. The molecule has 4 aromatic heterocycles. The van der Waals surface area contributed by atoms with Crippen LogP contribution < -0.4 is 11.1 Å². The SMILES string of the molecule is O=c1c2c(-c3ccccc3)nc3n2c2ccccc2n1CCOCCOCCOCCn1c(=O)c2c(-c4ccccc4)nc(n2c2ccccc21)-c1cccc-3c1. The molecule has 2 aliphatic rings. The maximum absolute atomic E-state index is 14.7. The third kappa shape index (κ3) is 6.04. The van der Waals surface area contributed by atoms with Gasteiger partial charge < -0.3 is 23.3 Å². The minimum absolute atomic E-state index is 0.164. The van der Waals surface area contributed by atoms with E-state index in [1.165, 1.54) is 0 Å². The van der Waals surface area contributed by atoms with E-state index < -0.39 is 0 Å². The van der Waals surface area contributed by atoms with E-state index >= 15 is 0 Å². The highest BCUT2D eigenvalue weighted by Gasteiger charge is 2.25. The van der Waals surface area contributed by atoms with Crippen LogP contribution in [0.1, 0.15) is 0 Å². The van der Waals surface area contributed by atoms with Crippen molar-refractivity contribution in [3.05, 3.63) is 154 Å². The van der Waals surface area contributed by atoms with E-state index in [0.717, 1.165) is 44.3 Å². The number of benzene rings is 5. The molecule has 9 aromatic rings. The lowest BCUT2D eigenvalue weighted by Crippen LogP contribution is -2.26. The molecule has 0 saturated heterocycles. The third-order valence-electron chi connectivity index (χ3n) is 10.6. The lowest BCUT2D eigenvalue weighted by atomic mass is 10.1. The molecule has 11 rings (SSSR count). The summed E-state index contributed by atoms with van der Waals surface area (Å²) in [6.45, 7) is 2.87. The van der Waals surface area contributed by atoms with Crippen LogP contribution in [0.4, 0.5) is 0 Å². The normalized spacial score (nSPS) is 14.4. The van der Waals surface area contributed by atoms with Gasteiger partial charge in [-0.2, -0.15) is 0 Å². The molecular formula is C46H38N6O5. The Kier molecular flexibility index (Phi) is 9.02. The Morgan fingerprint density at radius 2 is 0.772 bits per heavy atom. The van der Waals surface area contributed by atoms with Gasteiger partial charge in [-0.15, -0.1) is 0 Å². The molecular weight excluding hydrogens is 717 g/mol. The first-order valence-electron chi connectivity index (χ1n) is 19.2. The minimum Gasteiger partial charge on any atom is -0.377 e. The van der Waals surface area contributed by atoms with Crippen molar-refractivity contribution in [3.63, 3.8) is 0 Å². The Morgan fingerprint density at radius 3 is 1.21 bits per heavy atom. The highest BCUT2D eigenvalue weighted by Crippen LogP contribution is 2.35. The van der Waals surface area contributed by atoms with Crippen molar-refractivity contribution < 1.29 is 14.2 Å². The van der Waals surface area contributed by atoms with Crippen molar-refractivity contribution in [2.24, 2.45) is 0 Å². The molecule has 0 spiro atoms. The lowest BCUT2D eigenvalue weighted by molar-refractivity contribution is 0.0119. The molecule has 6 heterocycles. The molecule has 0 unspecified atom stereocenters. The largest absolute Gasteiger partial charge is 0.377 e. The Balaban J connectivity index is 1.27. The molecule has 0 aliphatic carbocycles. The average molecular weight is 755 g/mol. The van der Waals surface area contributed by atoms with Crippen LogP contribution in [0, 0.1) is 0 Å². The Bertz CT molecular complexity index is 2850. The maximum atomic E-state index is 14.7. The van der Waals surface area contributed by atoms with Crippen LogP contribution in [-0.2, 0) is 27.3 Å². The van der Waals surface area contributed by atoms with Gasteiger partial charge in [0, 0.05) is 35.3 Å². The summed E-state index contributed by atoms with van der Waals surface area (Å²) >= 11 is 0. The molecule has 0 atom stereocenters. The van der Waals surface area contributed by atoms with Gasteiger partial charge >= 0.3 is 0 Å². The standard InChI is InChI=1S/C46H38N6O5/c53-45-41-39(31-12-3-1-4-13-31)47-43-33-16-11-17-34(30-33)44-48-40(32-14-5-2-6-15-32)42-46(54)50(36-19-8-10-21-38(36)52(42)44)23-25-56-27-29-57-28-26-55-24-22-49(45)35-18-7-9-20-37(35)51(41)43/h1-21,30H,22-29H2. The van der Waals surface area contributed by atoms with Crippen LogP contribution in [-0.4, -0.2) is 67.5 Å². The Labute approximate surface area is 326 Å². The van der Waals surface area contributed by atoms with Crippen LogP contribution >= 0.6 is 0 Å². The first-order chi connectivity index (χ1) is 28.2. The number of imidazole rings is 2. The molecule has 282 valence electrons. The smallest absolute Gasteiger partial charge is 0.277 e. The fraction of sp³-hybridized carbons (Fsp3) is 0.174. The minimum atomic E-state index is -0.164. The summed E-state index contributed by atoms with van der Waals surface area (Å²) in [5, 5.41) is 0. The summed E-state index contributed by atoms with van der Waals surface area (Å²) in [5.74, 6) is 1.23. The van der Waals surface area contributed by atoms with Crippen molar-refractivity contribution >= 4 is 33.1 Å². The number of rotatable bonds is 2. The molecule has 0 radical (unpaired) electrons. The van der Waals surface area contributed by atoms with Crippen LogP contribution in [0.3, 0.4) is 0 Å². The second-order valence-corrected chi connectivity index (χ2v) is 14.0. The summed E-state index contributed by atoms with van der Waals surface area (Å²) < 4.78 is 25.3. The Hall–Kier alpha value is -6.66. The van der Waals surface area contributed by atoms with Gasteiger partial charge in [0.15, 0.2) is 0 Å². The molecule has 0 saturated carbocycles. The lowest BCUT2D eigenvalue weighted by Gasteiger charge is -2.15. The topological polar surface area (TPSA) is 106 Å². The number of hydrogen-bond acceptors (Lipinski definition) is 7. The summed E-state index contributed by atoms with van der Waals surface area (Å²) in [6.07, 6.45) is 0. The predicted octanol–water partition coefficient (Wildman–Crippen LogP) is 7.34. The molecule has 11 heteroatoms. The molecule has 5 aromatic carbocycles. The van der Waals surface area contributed by atoms with E-state index in [0.29, 0.717) is 86.8 Å². The van der Waals surface area contributed by atoms with E-state index in [2.05, 4.69) is 6.07 Å². The molecule has 57 heavy (non-hydrogen) atoms. The van der Waals surface area contributed by atoms with Crippen molar-refractivity contribution in [1.29, 1.82) is 0 Å². The summed E-state index contributed by atoms with van der Waals surface area (Å²) in [6, 6.07) is 43.5. The summed E-state index contributed by atoms with van der Waals surface area (Å²) in [7, 11) is 0. The zero-order chi connectivity index (χ0) is 38.3. The van der Waals surface area contributed by atoms with Gasteiger partial charge in [-0.1, -0.05) is 103 Å². The predicted molar refractivity (Wildman–Crippen MR) is 222 cm³/mol. The van der Waals surface area contributed by atoms with Crippen LogP contribution in [0.2, 0.25) is 0 Å². The second kappa shape index (κ2) is 14.8. The summed E-state index contributed by atoms with van der Waals surface area (Å²) in [4.78, 5) is 40.0. The monoisotopic (exact) mass is 754 g/mol. The van der Waals surface area contributed by atoms with Gasteiger partial charge in [0.05, 0.1) is 61.7 Å². The third-order valence-corrected chi connectivity index (χ3v) is 10.6. The van der Waals surface area contributed by atoms with E-state index in [-0.39, 0.29) is 11.1 Å². The number of nitrogens with zero attached hydrogens (tertiary/aromatic N) is 6. The number of ether oxygens (including phenoxy) is 3. The number of aromatic nitrogens is 6. The maximum Gasteiger partial charge on any atom is 0.277 e. The quantitative estimate of drug-likeness (QED) is 0.170. The van der Waals surface area contributed by atoms with Crippen LogP contribution in [0.25, 0.3) is 78.4 Å². The first-order valence-corrected chi connectivity index (χ1v) is 19.2. The highest BCUT2D eigenvalue weighted by atomic mass is 16.5. The van der Waals surface area contributed by atoms with Crippen molar-refractivity contribution in [2.45, 2.75) is 13.1 Å². The fourth-order valence-corrected chi connectivity index (χ4v) is 8.02. The molecule has 0 amide bonds. The fourth-order valence-electron chi connectivity index (χ4n) is 8.02. The average Bonchev–Trinajstić information content (AvgIpc) is 3.87.